The highest BCUT2D eigenvalue weighted by molar-refractivity contribution is 7.17. The van der Waals surface area contributed by atoms with Gasteiger partial charge in [0.05, 0.1) is 31.6 Å². The van der Waals surface area contributed by atoms with E-state index in [0.29, 0.717) is 28.3 Å². The predicted molar refractivity (Wildman–Crippen MR) is 138 cm³/mol. The molecule has 0 radical (unpaired) electrons. The molecule has 8 nitrogen and oxygen atoms in total. The number of amides is 1. The van der Waals surface area contributed by atoms with Crippen LogP contribution < -0.4 is 20.5 Å². The van der Waals surface area contributed by atoms with Crippen molar-refractivity contribution in [3.63, 3.8) is 0 Å². The normalized spacial score (nSPS) is 11.1. The fraction of sp³-hybridized carbons (Fsp3) is 0.231. The lowest BCUT2D eigenvalue weighted by Crippen LogP contribution is -2.30. The standard InChI is InChI=1S/C26H26N4O4S/c1-3-4-12-34-21-11-10-18(13-22(21)33-2)14-28-29-23(31)15-30-17-27-25-24(26(30)32)20(16-35-25)19-8-6-5-7-9-19/h5-11,13-14,16-17H,3-4,12,15H2,1-2H3,(H,29,31). The summed E-state index contributed by atoms with van der Waals surface area (Å²) >= 11 is 1.40. The molecular weight excluding hydrogens is 464 g/mol. The maximum absolute atomic E-state index is 13.1. The Kier molecular flexibility index (Phi) is 7.89. The van der Waals surface area contributed by atoms with Crippen molar-refractivity contribution in [2.24, 2.45) is 5.10 Å². The van der Waals surface area contributed by atoms with Crippen LogP contribution in [-0.2, 0) is 11.3 Å². The molecule has 1 N–H and O–H groups in total. The summed E-state index contributed by atoms with van der Waals surface area (Å²) in [5.41, 5.74) is 4.67. The fourth-order valence-electron chi connectivity index (χ4n) is 3.49. The number of fused-ring (bicyclic) bond motifs is 1. The van der Waals surface area contributed by atoms with Gasteiger partial charge in [0, 0.05) is 10.9 Å². The van der Waals surface area contributed by atoms with Gasteiger partial charge in [-0.15, -0.1) is 11.3 Å². The molecule has 0 aliphatic carbocycles. The minimum absolute atomic E-state index is 0.198. The summed E-state index contributed by atoms with van der Waals surface area (Å²) in [5.74, 6) is 0.812. The van der Waals surface area contributed by atoms with Crippen molar-refractivity contribution >= 4 is 33.7 Å². The number of hydrazone groups is 1. The molecule has 4 aromatic rings. The first-order chi connectivity index (χ1) is 17.1. The van der Waals surface area contributed by atoms with Gasteiger partial charge < -0.3 is 9.47 Å². The van der Waals surface area contributed by atoms with Crippen molar-refractivity contribution in [3.05, 3.63) is 76.2 Å². The van der Waals surface area contributed by atoms with Crippen molar-refractivity contribution in [2.45, 2.75) is 26.3 Å². The second kappa shape index (κ2) is 11.4. The van der Waals surface area contributed by atoms with Crippen LogP contribution in [0.1, 0.15) is 25.3 Å². The fourth-order valence-corrected chi connectivity index (χ4v) is 4.40. The van der Waals surface area contributed by atoms with Crippen LogP contribution in [0.3, 0.4) is 0 Å². The Labute approximate surface area is 206 Å². The number of thiophene rings is 1. The maximum atomic E-state index is 13.1. The highest BCUT2D eigenvalue weighted by atomic mass is 32.1. The third kappa shape index (κ3) is 5.75. The van der Waals surface area contributed by atoms with E-state index in [0.717, 1.165) is 29.5 Å². The first-order valence-corrected chi connectivity index (χ1v) is 12.1. The minimum atomic E-state index is -0.438. The Balaban J connectivity index is 1.44. The number of hydrogen-bond acceptors (Lipinski definition) is 7. The molecule has 2 aromatic heterocycles. The van der Waals surface area contributed by atoms with E-state index in [4.69, 9.17) is 9.47 Å². The lowest BCUT2D eigenvalue weighted by atomic mass is 10.1. The number of nitrogens with one attached hydrogen (secondary N) is 1. The Bertz CT molecular complexity index is 1400. The van der Waals surface area contributed by atoms with Crippen LogP contribution in [0.5, 0.6) is 11.5 Å². The van der Waals surface area contributed by atoms with Crippen molar-refractivity contribution < 1.29 is 14.3 Å². The molecule has 0 fully saturated rings. The van der Waals surface area contributed by atoms with E-state index in [1.54, 1.807) is 13.2 Å². The van der Waals surface area contributed by atoms with Gasteiger partial charge in [-0.3, -0.25) is 14.2 Å². The van der Waals surface area contributed by atoms with E-state index in [1.807, 2.05) is 47.8 Å². The molecule has 0 spiro atoms. The summed E-state index contributed by atoms with van der Waals surface area (Å²) in [6.45, 7) is 2.52. The Morgan fingerprint density at radius 2 is 2.03 bits per heavy atom. The number of nitrogens with zero attached hydrogens (tertiary/aromatic N) is 3. The second-order valence-electron chi connectivity index (χ2n) is 7.78. The molecule has 0 saturated heterocycles. The van der Waals surface area contributed by atoms with Gasteiger partial charge in [0.25, 0.3) is 11.5 Å². The molecule has 0 unspecified atom stereocenters. The zero-order valence-corrected chi connectivity index (χ0v) is 20.4. The van der Waals surface area contributed by atoms with Gasteiger partial charge in [-0.1, -0.05) is 43.7 Å². The molecule has 0 aliphatic rings. The second-order valence-corrected chi connectivity index (χ2v) is 8.64. The monoisotopic (exact) mass is 490 g/mol. The van der Waals surface area contributed by atoms with Crippen molar-refractivity contribution in [3.8, 4) is 22.6 Å². The molecule has 2 heterocycles. The van der Waals surface area contributed by atoms with Crippen molar-refractivity contribution in [2.75, 3.05) is 13.7 Å². The van der Waals surface area contributed by atoms with E-state index in [-0.39, 0.29) is 12.1 Å². The van der Waals surface area contributed by atoms with E-state index >= 15 is 0 Å². The van der Waals surface area contributed by atoms with Gasteiger partial charge in [0.15, 0.2) is 11.5 Å². The van der Waals surface area contributed by atoms with Crippen LogP contribution in [0.15, 0.2) is 70.1 Å². The number of unbranched alkanes of at least 4 members (excludes halogenated alkanes) is 1. The number of ether oxygens (including phenoxy) is 2. The first-order valence-electron chi connectivity index (χ1n) is 11.3. The van der Waals surface area contributed by atoms with Gasteiger partial charge in [0.2, 0.25) is 0 Å². The molecule has 0 aliphatic heterocycles. The summed E-state index contributed by atoms with van der Waals surface area (Å²) in [6.07, 6.45) is 4.91. The van der Waals surface area contributed by atoms with Gasteiger partial charge in [-0.05, 0) is 35.7 Å². The van der Waals surface area contributed by atoms with Crippen LogP contribution in [-0.4, -0.2) is 35.4 Å². The number of methoxy groups -OCH3 is 1. The quantitative estimate of drug-likeness (QED) is 0.201. The minimum Gasteiger partial charge on any atom is -0.493 e. The molecule has 180 valence electrons. The third-order valence-corrected chi connectivity index (χ3v) is 6.19. The van der Waals surface area contributed by atoms with E-state index in [1.165, 1.54) is 28.4 Å². The Hall–Kier alpha value is -3.98. The molecule has 1 amide bonds. The topological polar surface area (TPSA) is 94.8 Å². The first kappa shape index (κ1) is 24.2. The largest absolute Gasteiger partial charge is 0.493 e. The number of carbonyl (C=O) groups excluding carboxylic acids is 1. The van der Waals surface area contributed by atoms with Gasteiger partial charge in [0.1, 0.15) is 11.4 Å². The van der Waals surface area contributed by atoms with Crippen LogP contribution in [0.2, 0.25) is 0 Å². The zero-order valence-electron chi connectivity index (χ0n) is 19.6. The lowest BCUT2D eigenvalue weighted by molar-refractivity contribution is -0.121. The number of rotatable bonds is 10. The van der Waals surface area contributed by atoms with Crippen LogP contribution in [0, 0.1) is 0 Å². The summed E-state index contributed by atoms with van der Waals surface area (Å²) in [6, 6.07) is 15.1. The van der Waals surface area contributed by atoms with Crippen LogP contribution in [0.25, 0.3) is 21.3 Å². The predicted octanol–water partition coefficient (Wildman–Crippen LogP) is 4.46. The summed E-state index contributed by atoms with van der Waals surface area (Å²) in [7, 11) is 1.57. The van der Waals surface area contributed by atoms with E-state index in [9.17, 15) is 9.59 Å². The lowest BCUT2D eigenvalue weighted by Gasteiger charge is -2.10. The Morgan fingerprint density at radius 3 is 2.80 bits per heavy atom. The van der Waals surface area contributed by atoms with Crippen molar-refractivity contribution in [1.82, 2.24) is 15.0 Å². The highest BCUT2D eigenvalue weighted by Gasteiger charge is 2.14. The van der Waals surface area contributed by atoms with Gasteiger partial charge in [-0.25, -0.2) is 10.4 Å². The molecular formula is C26H26N4O4S. The zero-order chi connectivity index (χ0) is 24.6. The van der Waals surface area contributed by atoms with Crippen LogP contribution in [0.4, 0.5) is 0 Å². The Morgan fingerprint density at radius 1 is 1.20 bits per heavy atom. The molecule has 35 heavy (non-hydrogen) atoms. The average molecular weight is 491 g/mol. The molecule has 4 rings (SSSR count). The maximum Gasteiger partial charge on any atom is 0.263 e. The SMILES string of the molecule is CCCCOc1ccc(C=NNC(=O)Cn2cnc3scc(-c4ccccc4)c3c2=O)cc1OC. The number of hydrogen-bond donors (Lipinski definition) is 1. The summed E-state index contributed by atoms with van der Waals surface area (Å²) in [5, 5.41) is 6.43. The van der Waals surface area contributed by atoms with Gasteiger partial charge in [-0.2, -0.15) is 5.10 Å². The summed E-state index contributed by atoms with van der Waals surface area (Å²) in [4.78, 5) is 30.5. The average Bonchev–Trinajstić information content (AvgIpc) is 3.32. The highest BCUT2D eigenvalue weighted by Crippen LogP contribution is 2.30. The number of carbonyl (C=O) groups is 1. The van der Waals surface area contributed by atoms with Gasteiger partial charge >= 0.3 is 0 Å². The van der Waals surface area contributed by atoms with Crippen molar-refractivity contribution in [1.29, 1.82) is 0 Å². The van der Waals surface area contributed by atoms with Crippen LogP contribution >= 0.6 is 11.3 Å². The third-order valence-electron chi connectivity index (χ3n) is 5.31. The molecule has 9 heteroatoms. The molecule has 0 bridgehead atoms. The summed E-state index contributed by atoms with van der Waals surface area (Å²) < 4.78 is 12.4. The van der Waals surface area contributed by atoms with E-state index in [2.05, 4.69) is 22.4 Å². The number of aromatic nitrogens is 2. The smallest absolute Gasteiger partial charge is 0.263 e. The molecule has 0 atom stereocenters. The number of benzene rings is 2. The molecule has 2 aromatic carbocycles. The molecule has 0 saturated carbocycles. The van der Waals surface area contributed by atoms with E-state index < -0.39 is 5.91 Å².